The molecule has 1 N–H and O–H groups in total. The Morgan fingerprint density at radius 1 is 1.23 bits per heavy atom. The average Bonchev–Trinajstić information content (AvgIpc) is 2.62. The Morgan fingerprint density at radius 2 is 2.00 bits per heavy atom. The first-order chi connectivity index (χ1) is 12.4. The fraction of sp³-hybridized carbons (Fsp3) is 0.312. The Morgan fingerprint density at radius 3 is 2.65 bits per heavy atom. The van der Waals surface area contributed by atoms with Gasteiger partial charge in [0.2, 0.25) is 10.0 Å². The second-order valence-electron chi connectivity index (χ2n) is 5.79. The van der Waals surface area contributed by atoms with Crippen molar-refractivity contribution in [1.29, 1.82) is 0 Å². The number of non-ortho nitro benzene ring substituents is 1. The van der Waals surface area contributed by atoms with Crippen LogP contribution in [0.25, 0.3) is 0 Å². The molecular formula is C16H18N4O5S. The molecule has 0 bridgehead atoms. The first-order valence-electron chi connectivity index (χ1n) is 7.95. The molecule has 1 aliphatic heterocycles. The van der Waals surface area contributed by atoms with E-state index in [1.165, 1.54) is 24.3 Å². The molecule has 9 nitrogen and oxygen atoms in total. The molecule has 0 spiro atoms. The summed E-state index contributed by atoms with van der Waals surface area (Å²) in [4.78, 5) is 16.5. The number of nitro benzene ring substituents is 1. The van der Waals surface area contributed by atoms with E-state index in [2.05, 4.69) is 14.6 Å². The van der Waals surface area contributed by atoms with E-state index in [9.17, 15) is 18.5 Å². The van der Waals surface area contributed by atoms with Gasteiger partial charge in [-0.1, -0.05) is 12.1 Å². The van der Waals surface area contributed by atoms with Crippen LogP contribution in [-0.4, -0.2) is 44.6 Å². The summed E-state index contributed by atoms with van der Waals surface area (Å²) in [6.07, 6.45) is 1.61. The summed E-state index contributed by atoms with van der Waals surface area (Å²) in [6.45, 7) is 2.83. The van der Waals surface area contributed by atoms with Crippen molar-refractivity contribution >= 4 is 27.2 Å². The molecule has 1 aliphatic rings. The molecule has 2 heterocycles. The normalized spacial score (nSPS) is 14.8. The van der Waals surface area contributed by atoms with Gasteiger partial charge in [0.15, 0.2) is 0 Å². The molecule has 0 amide bonds. The molecule has 2 aromatic rings. The number of rotatable bonds is 6. The van der Waals surface area contributed by atoms with Gasteiger partial charge >= 0.3 is 0 Å². The zero-order valence-electron chi connectivity index (χ0n) is 13.9. The SMILES string of the molecule is O=[N+]([O-])c1cccc(CS(=O)(=O)Nc2ccc(N3CCOCC3)cn2)c1. The molecule has 1 saturated heterocycles. The van der Waals surface area contributed by atoms with Crippen LogP contribution in [0.1, 0.15) is 5.56 Å². The number of nitrogens with zero attached hydrogens (tertiary/aromatic N) is 3. The molecule has 0 unspecified atom stereocenters. The number of hydrogen-bond acceptors (Lipinski definition) is 7. The summed E-state index contributed by atoms with van der Waals surface area (Å²) >= 11 is 0. The van der Waals surface area contributed by atoms with Gasteiger partial charge in [-0.2, -0.15) is 0 Å². The van der Waals surface area contributed by atoms with Crippen molar-refractivity contribution in [3.8, 4) is 0 Å². The van der Waals surface area contributed by atoms with Crippen molar-refractivity contribution in [3.05, 3.63) is 58.3 Å². The number of benzene rings is 1. The molecule has 1 fully saturated rings. The maximum Gasteiger partial charge on any atom is 0.269 e. The predicted molar refractivity (Wildman–Crippen MR) is 96.6 cm³/mol. The summed E-state index contributed by atoms with van der Waals surface area (Å²) in [7, 11) is -3.74. The maximum atomic E-state index is 12.3. The number of nitro groups is 1. The van der Waals surface area contributed by atoms with Gasteiger partial charge in [-0.25, -0.2) is 13.4 Å². The molecule has 138 valence electrons. The predicted octanol–water partition coefficient (Wildman–Crippen LogP) is 1.77. The van der Waals surface area contributed by atoms with Crippen molar-refractivity contribution in [2.24, 2.45) is 0 Å². The van der Waals surface area contributed by atoms with E-state index in [1.54, 1.807) is 18.3 Å². The average molecular weight is 378 g/mol. The van der Waals surface area contributed by atoms with E-state index >= 15 is 0 Å². The highest BCUT2D eigenvalue weighted by molar-refractivity contribution is 7.91. The van der Waals surface area contributed by atoms with E-state index in [0.29, 0.717) is 18.8 Å². The standard InChI is InChI=1S/C16H18N4O5S/c21-20(22)14-3-1-2-13(10-14)12-26(23,24)18-16-5-4-15(11-17-16)19-6-8-25-9-7-19/h1-5,10-11H,6-9,12H2,(H,17,18). The molecular weight excluding hydrogens is 360 g/mol. The van der Waals surface area contributed by atoms with Gasteiger partial charge in [0.25, 0.3) is 5.69 Å². The lowest BCUT2D eigenvalue weighted by Gasteiger charge is -2.28. The molecule has 10 heteroatoms. The van der Waals surface area contributed by atoms with Gasteiger partial charge in [-0.15, -0.1) is 0 Å². The van der Waals surface area contributed by atoms with Gasteiger partial charge in [0, 0.05) is 25.2 Å². The van der Waals surface area contributed by atoms with E-state index in [-0.39, 0.29) is 17.3 Å². The molecule has 26 heavy (non-hydrogen) atoms. The lowest BCUT2D eigenvalue weighted by atomic mass is 10.2. The first kappa shape index (κ1) is 18.1. The van der Waals surface area contributed by atoms with Crippen LogP contribution in [-0.2, 0) is 20.5 Å². The molecule has 3 rings (SSSR count). The van der Waals surface area contributed by atoms with Crippen LogP contribution in [0, 0.1) is 10.1 Å². The number of anilines is 2. The monoisotopic (exact) mass is 378 g/mol. The highest BCUT2D eigenvalue weighted by Crippen LogP contribution is 2.19. The third-order valence-corrected chi connectivity index (χ3v) is 5.10. The van der Waals surface area contributed by atoms with E-state index < -0.39 is 14.9 Å². The zero-order valence-corrected chi connectivity index (χ0v) is 14.7. The largest absolute Gasteiger partial charge is 0.378 e. The van der Waals surface area contributed by atoms with Crippen molar-refractivity contribution in [2.75, 3.05) is 35.9 Å². The topological polar surface area (TPSA) is 115 Å². The van der Waals surface area contributed by atoms with Gasteiger partial charge < -0.3 is 9.64 Å². The second-order valence-corrected chi connectivity index (χ2v) is 7.51. The number of pyridine rings is 1. The van der Waals surface area contributed by atoms with Crippen LogP contribution in [0.4, 0.5) is 17.2 Å². The van der Waals surface area contributed by atoms with Gasteiger partial charge in [0.05, 0.1) is 35.8 Å². The van der Waals surface area contributed by atoms with Crippen molar-refractivity contribution < 1.29 is 18.1 Å². The molecule has 0 saturated carbocycles. The number of hydrogen-bond donors (Lipinski definition) is 1. The van der Waals surface area contributed by atoms with E-state index in [4.69, 9.17) is 4.74 Å². The summed E-state index contributed by atoms with van der Waals surface area (Å²) < 4.78 is 32.3. The summed E-state index contributed by atoms with van der Waals surface area (Å²) in [5.41, 5.74) is 1.08. The van der Waals surface area contributed by atoms with Crippen LogP contribution in [0.15, 0.2) is 42.6 Å². The van der Waals surface area contributed by atoms with Gasteiger partial charge in [-0.05, 0) is 17.7 Å². The number of nitrogens with one attached hydrogen (secondary N) is 1. The summed E-state index contributed by atoms with van der Waals surface area (Å²) in [5.74, 6) is -0.172. The Balaban J connectivity index is 1.67. The highest BCUT2D eigenvalue weighted by Gasteiger charge is 2.16. The zero-order chi connectivity index (χ0) is 18.6. The molecule has 0 aliphatic carbocycles. The maximum absolute atomic E-state index is 12.3. The van der Waals surface area contributed by atoms with Gasteiger partial charge in [-0.3, -0.25) is 14.8 Å². The smallest absolute Gasteiger partial charge is 0.269 e. The third kappa shape index (κ3) is 4.67. The highest BCUT2D eigenvalue weighted by atomic mass is 32.2. The van der Waals surface area contributed by atoms with Crippen LogP contribution in [0.2, 0.25) is 0 Å². The number of aromatic nitrogens is 1. The lowest BCUT2D eigenvalue weighted by Crippen LogP contribution is -2.36. The van der Waals surface area contributed by atoms with Crippen molar-refractivity contribution in [3.63, 3.8) is 0 Å². The Kier molecular flexibility index (Phi) is 5.33. The Labute approximate surface area is 150 Å². The lowest BCUT2D eigenvalue weighted by molar-refractivity contribution is -0.384. The molecule has 0 atom stereocenters. The Bertz CT molecular complexity index is 880. The van der Waals surface area contributed by atoms with Crippen LogP contribution in [0.5, 0.6) is 0 Å². The van der Waals surface area contributed by atoms with Crippen LogP contribution >= 0.6 is 0 Å². The number of ether oxygens (including phenoxy) is 1. The number of morpholine rings is 1. The van der Waals surface area contributed by atoms with Crippen molar-refractivity contribution in [2.45, 2.75) is 5.75 Å². The minimum atomic E-state index is -3.74. The van der Waals surface area contributed by atoms with E-state index in [1.807, 2.05) is 0 Å². The third-order valence-electron chi connectivity index (χ3n) is 3.86. The minimum absolute atomic E-state index is 0.148. The van der Waals surface area contributed by atoms with E-state index in [0.717, 1.165) is 18.8 Å². The minimum Gasteiger partial charge on any atom is -0.378 e. The molecule has 0 radical (unpaired) electrons. The molecule has 1 aromatic heterocycles. The summed E-state index contributed by atoms with van der Waals surface area (Å²) in [5, 5.41) is 10.8. The second kappa shape index (κ2) is 7.67. The quantitative estimate of drug-likeness (QED) is 0.602. The van der Waals surface area contributed by atoms with Crippen LogP contribution < -0.4 is 9.62 Å². The fourth-order valence-corrected chi connectivity index (χ4v) is 3.76. The fourth-order valence-electron chi connectivity index (χ4n) is 2.63. The van der Waals surface area contributed by atoms with Crippen molar-refractivity contribution in [1.82, 2.24) is 4.98 Å². The molecule has 1 aromatic carbocycles. The van der Waals surface area contributed by atoms with Gasteiger partial charge in [0.1, 0.15) is 5.82 Å². The summed E-state index contributed by atoms with van der Waals surface area (Å²) in [6, 6.07) is 8.93. The first-order valence-corrected chi connectivity index (χ1v) is 9.61. The Hall–Kier alpha value is -2.72. The van der Waals surface area contributed by atoms with Crippen LogP contribution in [0.3, 0.4) is 0 Å². The number of sulfonamides is 1.